The first-order valence-electron chi connectivity index (χ1n) is 4.37. The Morgan fingerprint density at radius 1 is 1.50 bits per heavy atom. The van der Waals surface area contributed by atoms with Crippen molar-refractivity contribution in [2.24, 2.45) is 5.73 Å². The third kappa shape index (κ3) is 7.75. The molecule has 72 valence electrons. The van der Waals surface area contributed by atoms with Crippen LogP contribution >= 0.6 is 0 Å². The van der Waals surface area contributed by atoms with Crippen LogP contribution in [0.5, 0.6) is 0 Å². The van der Waals surface area contributed by atoms with Crippen LogP contribution in [0.1, 0.15) is 27.2 Å². The normalized spacial score (nSPS) is 12.3. The van der Waals surface area contributed by atoms with Gasteiger partial charge in [0.1, 0.15) is 5.60 Å². The SMILES string of the molecule is CC(C)(C)OC(=O)[SiH2]CCCN. The predicted octanol–water partition coefficient (Wildman–Crippen LogP) is 0.857. The summed E-state index contributed by atoms with van der Waals surface area (Å²) in [5, 5.41) is 0. The van der Waals surface area contributed by atoms with E-state index in [2.05, 4.69) is 0 Å². The van der Waals surface area contributed by atoms with Crippen molar-refractivity contribution >= 4 is 15.1 Å². The molecule has 2 N–H and O–H groups in total. The number of nitrogens with two attached hydrogens (primary N) is 1. The molecule has 0 rings (SSSR count). The van der Waals surface area contributed by atoms with Crippen LogP contribution in [-0.4, -0.2) is 27.3 Å². The molecule has 0 fully saturated rings. The molecule has 0 unspecified atom stereocenters. The number of ether oxygens (including phenoxy) is 1. The summed E-state index contributed by atoms with van der Waals surface area (Å²) in [6, 6.07) is 0.964. The van der Waals surface area contributed by atoms with Crippen molar-refractivity contribution in [1.29, 1.82) is 0 Å². The van der Waals surface area contributed by atoms with Crippen molar-refractivity contribution in [3.8, 4) is 0 Å². The highest BCUT2D eigenvalue weighted by atomic mass is 28.2. The third-order valence-electron chi connectivity index (χ3n) is 1.26. The van der Waals surface area contributed by atoms with E-state index < -0.39 is 9.52 Å². The van der Waals surface area contributed by atoms with Crippen LogP contribution in [0.4, 0.5) is 4.79 Å². The second-order valence-corrected chi connectivity index (χ2v) is 5.62. The number of rotatable bonds is 4. The van der Waals surface area contributed by atoms with E-state index in [1.165, 1.54) is 0 Å². The molecule has 0 spiro atoms. The van der Waals surface area contributed by atoms with Gasteiger partial charge in [0.05, 0.1) is 0 Å². The number of hydrogen-bond donors (Lipinski definition) is 1. The molecule has 4 heteroatoms. The van der Waals surface area contributed by atoms with Crippen molar-refractivity contribution < 1.29 is 9.53 Å². The Hall–Kier alpha value is -0.353. The largest absolute Gasteiger partial charge is 0.465 e. The summed E-state index contributed by atoms with van der Waals surface area (Å²) in [6.45, 7) is 6.35. The Bertz CT molecular complexity index is 142. The highest BCUT2D eigenvalue weighted by molar-refractivity contribution is 6.71. The van der Waals surface area contributed by atoms with Crippen molar-refractivity contribution in [2.75, 3.05) is 6.54 Å². The smallest absolute Gasteiger partial charge is 0.264 e. The summed E-state index contributed by atoms with van der Waals surface area (Å²) < 4.78 is 5.17. The topological polar surface area (TPSA) is 52.3 Å². The van der Waals surface area contributed by atoms with E-state index in [0.717, 1.165) is 12.5 Å². The molecule has 0 atom stereocenters. The van der Waals surface area contributed by atoms with E-state index in [1.54, 1.807) is 0 Å². The van der Waals surface area contributed by atoms with Gasteiger partial charge in [0, 0.05) is 0 Å². The average Bonchev–Trinajstić information content (AvgIpc) is 1.84. The van der Waals surface area contributed by atoms with Crippen molar-refractivity contribution in [2.45, 2.75) is 38.8 Å². The van der Waals surface area contributed by atoms with Gasteiger partial charge in [-0.3, -0.25) is 4.79 Å². The van der Waals surface area contributed by atoms with Crippen molar-refractivity contribution in [3.63, 3.8) is 0 Å². The number of hydrogen-bond acceptors (Lipinski definition) is 3. The maximum absolute atomic E-state index is 11.1. The molecule has 0 radical (unpaired) electrons. The Balaban J connectivity index is 3.47. The van der Waals surface area contributed by atoms with E-state index in [4.69, 9.17) is 10.5 Å². The van der Waals surface area contributed by atoms with Gasteiger partial charge >= 0.3 is 0 Å². The maximum atomic E-state index is 11.1. The molecular formula is C8H19NO2Si. The lowest BCUT2D eigenvalue weighted by molar-refractivity contribution is 0.0717. The molecular weight excluding hydrogens is 170 g/mol. The fourth-order valence-corrected chi connectivity index (χ4v) is 2.17. The summed E-state index contributed by atoms with van der Waals surface area (Å²) >= 11 is 0. The molecule has 0 amide bonds. The molecule has 0 bridgehead atoms. The van der Waals surface area contributed by atoms with Crippen LogP contribution in [0.3, 0.4) is 0 Å². The molecule has 0 aliphatic heterocycles. The standard InChI is InChI=1S/C8H19NO2Si/c1-8(2,3)11-7(10)12-6-4-5-9/h4-6,9,12H2,1-3H3. The van der Waals surface area contributed by atoms with Gasteiger partial charge in [0.2, 0.25) is 0 Å². The predicted molar refractivity (Wildman–Crippen MR) is 53.3 cm³/mol. The first-order chi connectivity index (χ1) is 5.45. The van der Waals surface area contributed by atoms with Gasteiger partial charge in [0.15, 0.2) is 9.52 Å². The van der Waals surface area contributed by atoms with Gasteiger partial charge in [-0.25, -0.2) is 0 Å². The van der Waals surface area contributed by atoms with Crippen LogP contribution in [-0.2, 0) is 4.74 Å². The lowest BCUT2D eigenvalue weighted by Gasteiger charge is -2.19. The minimum absolute atomic E-state index is 0.0101. The van der Waals surface area contributed by atoms with E-state index in [0.29, 0.717) is 6.54 Å². The van der Waals surface area contributed by atoms with Crippen LogP contribution in [0.15, 0.2) is 0 Å². The van der Waals surface area contributed by atoms with Crippen LogP contribution < -0.4 is 5.73 Å². The molecule has 12 heavy (non-hydrogen) atoms. The highest BCUT2D eigenvalue weighted by Gasteiger charge is 2.15. The molecule has 0 aromatic carbocycles. The Labute approximate surface area is 76.5 Å². The molecule has 0 aromatic rings. The third-order valence-corrected chi connectivity index (χ3v) is 2.66. The number of carbonyl (C=O) groups is 1. The van der Waals surface area contributed by atoms with Gasteiger partial charge in [0.25, 0.3) is 5.59 Å². The first-order valence-corrected chi connectivity index (χ1v) is 6.08. The molecule has 0 saturated carbocycles. The minimum Gasteiger partial charge on any atom is -0.465 e. The Kier molecular flexibility index (Phi) is 5.16. The van der Waals surface area contributed by atoms with Crippen molar-refractivity contribution in [3.05, 3.63) is 0 Å². The van der Waals surface area contributed by atoms with Gasteiger partial charge in [-0.1, -0.05) is 6.04 Å². The molecule has 3 nitrogen and oxygen atoms in total. The van der Waals surface area contributed by atoms with E-state index in [9.17, 15) is 4.79 Å². The second-order valence-electron chi connectivity index (χ2n) is 3.83. The first kappa shape index (κ1) is 11.6. The molecule has 0 aromatic heterocycles. The fraction of sp³-hybridized carbons (Fsp3) is 0.875. The van der Waals surface area contributed by atoms with E-state index in [-0.39, 0.29) is 11.2 Å². The number of carbonyl (C=O) groups excluding carboxylic acids is 1. The summed E-state index contributed by atoms with van der Waals surface area (Å²) in [5.41, 5.74) is 5.00. The maximum Gasteiger partial charge on any atom is 0.264 e. The minimum atomic E-state index is -0.696. The molecule has 0 saturated heterocycles. The summed E-state index contributed by atoms with van der Waals surface area (Å²) in [4.78, 5) is 11.1. The van der Waals surface area contributed by atoms with Gasteiger partial charge in [-0.2, -0.15) is 0 Å². The summed E-state index contributed by atoms with van der Waals surface area (Å²) in [5.74, 6) is 0. The van der Waals surface area contributed by atoms with Crippen LogP contribution in [0.2, 0.25) is 6.04 Å². The fourth-order valence-electron chi connectivity index (χ4n) is 0.806. The zero-order chi connectivity index (χ0) is 9.61. The second kappa shape index (κ2) is 5.32. The molecule has 0 aliphatic rings. The summed E-state index contributed by atoms with van der Waals surface area (Å²) in [6.07, 6.45) is 0.950. The Morgan fingerprint density at radius 3 is 2.50 bits per heavy atom. The molecule has 0 heterocycles. The highest BCUT2D eigenvalue weighted by Crippen LogP contribution is 2.07. The zero-order valence-corrected chi connectivity index (χ0v) is 9.64. The molecule has 0 aliphatic carbocycles. The van der Waals surface area contributed by atoms with Crippen LogP contribution in [0, 0.1) is 0 Å². The average molecular weight is 189 g/mol. The monoisotopic (exact) mass is 189 g/mol. The summed E-state index contributed by atoms with van der Waals surface area (Å²) in [7, 11) is -0.696. The Morgan fingerprint density at radius 2 is 2.08 bits per heavy atom. The van der Waals surface area contributed by atoms with Crippen molar-refractivity contribution in [1.82, 2.24) is 0 Å². The van der Waals surface area contributed by atoms with Gasteiger partial charge in [-0.05, 0) is 33.7 Å². The zero-order valence-electron chi connectivity index (χ0n) is 8.22. The van der Waals surface area contributed by atoms with E-state index >= 15 is 0 Å². The van der Waals surface area contributed by atoms with Gasteiger partial charge in [-0.15, -0.1) is 0 Å². The van der Waals surface area contributed by atoms with Crippen LogP contribution in [0.25, 0.3) is 0 Å². The lowest BCUT2D eigenvalue weighted by Crippen LogP contribution is -2.26. The van der Waals surface area contributed by atoms with E-state index in [1.807, 2.05) is 20.8 Å². The van der Waals surface area contributed by atoms with Gasteiger partial charge < -0.3 is 10.5 Å². The lowest BCUT2D eigenvalue weighted by atomic mass is 10.2. The quantitative estimate of drug-likeness (QED) is 0.527.